The van der Waals surface area contributed by atoms with E-state index < -0.39 is 0 Å². The number of aryl methyl sites for hydroxylation is 1. The van der Waals surface area contributed by atoms with Crippen molar-refractivity contribution in [1.82, 2.24) is 0 Å². The molecular formula is C11H15NO2. The van der Waals surface area contributed by atoms with Gasteiger partial charge in [-0.3, -0.25) is 4.79 Å². The highest BCUT2D eigenvalue weighted by atomic mass is 16.5. The van der Waals surface area contributed by atoms with Crippen LogP contribution in [0.25, 0.3) is 0 Å². The molecule has 0 amide bonds. The number of ether oxygens (including phenoxy) is 1. The third-order valence-electron chi connectivity index (χ3n) is 2.17. The van der Waals surface area contributed by atoms with Crippen LogP contribution in [0, 0.1) is 6.92 Å². The standard InChI is InChI=1S/C11H15NO2/c1-8-4-3-5-9(6-8)10(7-12)11(13)14-2/h3-6,10H,7,12H2,1-2H3/t10-/m0/s1. The first-order valence-corrected chi connectivity index (χ1v) is 4.53. The van der Waals surface area contributed by atoms with Crippen LogP contribution in [0.3, 0.4) is 0 Å². The molecule has 0 saturated carbocycles. The number of methoxy groups -OCH3 is 1. The van der Waals surface area contributed by atoms with Gasteiger partial charge in [-0.25, -0.2) is 0 Å². The van der Waals surface area contributed by atoms with E-state index in [1.54, 1.807) is 0 Å². The van der Waals surface area contributed by atoms with E-state index in [0.29, 0.717) is 0 Å². The molecule has 14 heavy (non-hydrogen) atoms. The quantitative estimate of drug-likeness (QED) is 0.734. The third-order valence-corrected chi connectivity index (χ3v) is 2.17. The average Bonchev–Trinajstić information content (AvgIpc) is 2.19. The number of carbonyl (C=O) groups is 1. The van der Waals surface area contributed by atoms with Crippen LogP contribution in [0.1, 0.15) is 17.0 Å². The summed E-state index contributed by atoms with van der Waals surface area (Å²) in [6.45, 7) is 2.25. The van der Waals surface area contributed by atoms with Crippen molar-refractivity contribution in [3.8, 4) is 0 Å². The molecule has 76 valence electrons. The number of esters is 1. The summed E-state index contributed by atoms with van der Waals surface area (Å²) in [5.74, 6) is -0.627. The van der Waals surface area contributed by atoms with Crippen LogP contribution in [-0.2, 0) is 9.53 Å². The summed E-state index contributed by atoms with van der Waals surface area (Å²) < 4.78 is 4.68. The molecule has 0 radical (unpaired) electrons. The molecule has 0 aliphatic heterocycles. The zero-order valence-electron chi connectivity index (χ0n) is 8.49. The van der Waals surface area contributed by atoms with Gasteiger partial charge < -0.3 is 10.5 Å². The molecule has 0 bridgehead atoms. The summed E-state index contributed by atoms with van der Waals surface area (Å²) >= 11 is 0. The van der Waals surface area contributed by atoms with E-state index in [9.17, 15) is 4.79 Å². The summed E-state index contributed by atoms with van der Waals surface area (Å²) in [5, 5.41) is 0. The first-order chi connectivity index (χ1) is 6.69. The van der Waals surface area contributed by atoms with Crippen molar-refractivity contribution < 1.29 is 9.53 Å². The van der Waals surface area contributed by atoms with Gasteiger partial charge in [0.15, 0.2) is 0 Å². The molecule has 0 saturated heterocycles. The Morgan fingerprint density at radius 1 is 1.57 bits per heavy atom. The molecule has 1 aromatic carbocycles. The topological polar surface area (TPSA) is 52.3 Å². The normalized spacial score (nSPS) is 12.2. The Bertz CT molecular complexity index is 323. The van der Waals surface area contributed by atoms with Crippen LogP contribution in [0.4, 0.5) is 0 Å². The van der Waals surface area contributed by atoms with E-state index in [-0.39, 0.29) is 18.4 Å². The first kappa shape index (κ1) is 10.7. The summed E-state index contributed by atoms with van der Waals surface area (Å²) in [6.07, 6.45) is 0. The maximum absolute atomic E-state index is 11.4. The van der Waals surface area contributed by atoms with Crippen molar-refractivity contribution in [2.24, 2.45) is 5.73 Å². The van der Waals surface area contributed by atoms with Crippen molar-refractivity contribution in [3.05, 3.63) is 35.4 Å². The highest BCUT2D eigenvalue weighted by Gasteiger charge is 2.19. The monoisotopic (exact) mass is 193 g/mol. The highest BCUT2D eigenvalue weighted by Crippen LogP contribution is 2.17. The van der Waals surface area contributed by atoms with Crippen molar-refractivity contribution in [3.63, 3.8) is 0 Å². The van der Waals surface area contributed by atoms with Crippen molar-refractivity contribution in [2.75, 3.05) is 13.7 Å². The van der Waals surface area contributed by atoms with Gasteiger partial charge in [0.25, 0.3) is 0 Å². The van der Waals surface area contributed by atoms with Gasteiger partial charge in [-0.15, -0.1) is 0 Å². The Morgan fingerprint density at radius 2 is 2.29 bits per heavy atom. The van der Waals surface area contributed by atoms with Gasteiger partial charge in [-0.2, -0.15) is 0 Å². The number of benzene rings is 1. The highest BCUT2D eigenvalue weighted by molar-refractivity contribution is 5.78. The molecule has 0 spiro atoms. The maximum Gasteiger partial charge on any atom is 0.314 e. The Hall–Kier alpha value is -1.35. The molecule has 0 aromatic heterocycles. The van der Waals surface area contributed by atoms with Gasteiger partial charge in [-0.1, -0.05) is 29.8 Å². The molecule has 1 rings (SSSR count). The van der Waals surface area contributed by atoms with Crippen molar-refractivity contribution >= 4 is 5.97 Å². The second kappa shape index (κ2) is 4.77. The minimum atomic E-state index is -0.347. The summed E-state index contributed by atoms with van der Waals surface area (Å²) in [6, 6.07) is 7.74. The minimum Gasteiger partial charge on any atom is -0.469 e. The number of hydrogen-bond acceptors (Lipinski definition) is 3. The number of nitrogens with two attached hydrogens (primary N) is 1. The van der Waals surface area contributed by atoms with Gasteiger partial charge >= 0.3 is 5.97 Å². The van der Waals surface area contributed by atoms with Gasteiger partial charge in [0.05, 0.1) is 13.0 Å². The number of rotatable bonds is 3. The predicted octanol–water partition coefficient (Wildman–Crippen LogP) is 1.21. The fraction of sp³-hybridized carbons (Fsp3) is 0.364. The first-order valence-electron chi connectivity index (χ1n) is 4.53. The van der Waals surface area contributed by atoms with Crippen LogP contribution in [0.5, 0.6) is 0 Å². The third kappa shape index (κ3) is 2.33. The molecule has 3 nitrogen and oxygen atoms in total. The average molecular weight is 193 g/mol. The van der Waals surface area contributed by atoms with Gasteiger partial charge in [0.2, 0.25) is 0 Å². The molecule has 0 heterocycles. The lowest BCUT2D eigenvalue weighted by atomic mass is 9.98. The van der Waals surface area contributed by atoms with Crippen LogP contribution in [-0.4, -0.2) is 19.6 Å². The lowest BCUT2D eigenvalue weighted by Gasteiger charge is -2.12. The molecule has 0 fully saturated rings. The molecular weight excluding hydrogens is 178 g/mol. The van der Waals surface area contributed by atoms with Crippen molar-refractivity contribution in [1.29, 1.82) is 0 Å². The Morgan fingerprint density at radius 3 is 2.79 bits per heavy atom. The zero-order chi connectivity index (χ0) is 10.6. The second-order valence-electron chi connectivity index (χ2n) is 3.23. The molecule has 0 aliphatic rings. The molecule has 1 aromatic rings. The largest absolute Gasteiger partial charge is 0.469 e. The lowest BCUT2D eigenvalue weighted by molar-refractivity contribution is -0.142. The predicted molar refractivity (Wildman–Crippen MR) is 55.0 cm³/mol. The van der Waals surface area contributed by atoms with Crippen LogP contribution in [0.15, 0.2) is 24.3 Å². The minimum absolute atomic E-state index is 0.274. The SMILES string of the molecule is COC(=O)[C@@H](CN)c1cccc(C)c1. The zero-order valence-corrected chi connectivity index (χ0v) is 8.49. The molecule has 2 N–H and O–H groups in total. The smallest absolute Gasteiger partial charge is 0.314 e. The van der Waals surface area contributed by atoms with Gasteiger partial charge in [-0.05, 0) is 12.5 Å². The molecule has 0 aliphatic carbocycles. The molecule has 3 heteroatoms. The van der Waals surface area contributed by atoms with E-state index in [0.717, 1.165) is 11.1 Å². The fourth-order valence-electron chi connectivity index (χ4n) is 1.40. The maximum atomic E-state index is 11.4. The number of carbonyl (C=O) groups excluding carboxylic acids is 1. The van der Waals surface area contributed by atoms with Crippen LogP contribution >= 0.6 is 0 Å². The van der Waals surface area contributed by atoms with E-state index >= 15 is 0 Å². The van der Waals surface area contributed by atoms with Gasteiger partial charge in [0, 0.05) is 6.54 Å². The summed E-state index contributed by atoms with van der Waals surface area (Å²) in [5.41, 5.74) is 7.56. The van der Waals surface area contributed by atoms with Crippen LogP contribution < -0.4 is 5.73 Å². The fourth-order valence-corrected chi connectivity index (χ4v) is 1.40. The number of hydrogen-bond donors (Lipinski definition) is 1. The Balaban J connectivity index is 2.94. The van der Waals surface area contributed by atoms with Gasteiger partial charge in [0.1, 0.15) is 0 Å². The van der Waals surface area contributed by atoms with E-state index in [1.165, 1.54) is 7.11 Å². The second-order valence-corrected chi connectivity index (χ2v) is 3.23. The Kier molecular flexibility index (Phi) is 3.65. The van der Waals surface area contributed by atoms with E-state index in [4.69, 9.17) is 5.73 Å². The van der Waals surface area contributed by atoms with E-state index in [1.807, 2.05) is 31.2 Å². The van der Waals surface area contributed by atoms with E-state index in [2.05, 4.69) is 4.74 Å². The lowest BCUT2D eigenvalue weighted by Crippen LogP contribution is -2.22. The summed E-state index contributed by atoms with van der Waals surface area (Å²) in [4.78, 5) is 11.4. The molecule has 0 unspecified atom stereocenters. The molecule has 1 atom stereocenters. The van der Waals surface area contributed by atoms with Crippen LogP contribution in [0.2, 0.25) is 0 Å². The Labute approximate surface area is 83.9 Å². The van der Waals surface area contributed by atoms with Crippen molar-refractivity contribution in [2.45, 2.75) is 12.8 Å². The summed E-state index contributed by atoms with van der Waals surface area (Å²) in [7, 11) is 1.38.